The lowest BCUT2D eigenvalue weighted by molar-refractivity contribution is 0.0697. The maximum absolute atomic E-state index is 14.2. The predicted octanol–water partition coefficient (Wildman–Crippen LogP) is 7.90. The fourth-order valence-electron chi connectivity index (χ4n) is 4.82. The number of hydrogen-bond donors (Lipinski definition) is 1. The molecular weight excluding hydrogens is 533 g/mol. The maximum Gasteiger partial charge on any atom is 0.335 e. The zero-order chi connectivity index (χ0) is 29.1. The Hall–Kier alpha value is -5.68. The number of carboxylic acids is 1. The number of benzene rings is 4. The molecule has 0 unspecified atom stereocenters. The van der Waals surface area contributed by atoms with Gasteiger partial charge in [-0.1, -0.05) is 48.5 Å². The number of imidazole rings is 1. The van der Waals surface area contributed by atoms with E-state index in [9.17, 15) is 14.3 Å². The van der Waals surface area contributed by atoms with E-state index in [4.69, 9.17) is 20.7 Å². The van der Waals surface area contributed by atoms with Crippen LogP contribution in [0.4, 0.5) is 10.1 Å². The second-order valence-electron chi connectivity index (χ2n) is 9.78. The van der Waals surface area contributed by atoms with E-state index >= 15 is 0 Å². The van der Waals surface area contributed by atoms with Crippen LogP contribution in [-0.2, 0) is 19.6 Å². The number of furan rings is 1. The van der Waals surface area contributed by atoms with Crippen molar-refractivity contribution in [2.75, 3.05) is 0 Å². The number of rotatable bonds is 9. The minimum absolute atomic E-state index is 0.0550. The van der Waals surface area contributed by atoms with Gasteiger partial charge in [-0.25, -0.2) is 19.0 Å². The van der Waals surface area contributed by atoms with Crippen LogP contribution < -0.4 is 4.74 Å². The third kappa shape index (κ3) is 5.62. The summed E-state index contributed by atoms with van der Waals surface area (Å²) in [4.78, 5) is 19.7. The van der Waals surface area contributed by atoms with Gasteiger partial charge in [0.05, 0.1) is 36.0 Å². The van der Waals surface area contributed by atoms with E-state index in [1.165, 1.54) is 6.07 Å². The Morgan fingerprint density at radius 3 is 2.57 bits per heavy atom. The number of aromatic carboxylic acids is 1. The van der Waals surface area contributed by atoms with Crippen molar-refractivity contribution in [1.29, 1.82) is 0 Å². The second-order valence-corrected chi connectivity index (χ2v) is 9.78. The SMILES string of the molecule is [C-]#[N+]c1ccc(COc2cccc(-c3ccc(Cc4nc5ccc(C(=O)O)cc5n4Cc4ccco4)cc3)c2)c(F)c1. The number of ether oxygens (including phenoxy) is 1. The highest BCUT2D eigenvalue weighted by Crippen LogP contribution is 2.27. The first-order chi connectivity index (χ1) is 20.5. The molecule has 0 saturated carbocycles. The summed E-state index contributed by atoms with van der Waals surface area (Å²) in [7, 11) is 0. The molecule has 2 aromatic heterocycles. The topological polar surface area (TPSA) is 81.9 Å². The van der Waals surface area contributed by atoms with Crippen LogP contribution in [0.25, 0.3) is 27.0 Å². The van der Waals surface area contributed by atoms with Crippen LogP contribution in [0.5, 0.6) is 5.75 Å². The van der Waals surface area contributed by atoms with Crippen molar-refractivity contribution in [2.24, 2.45) is 0 Å². The number of halogens is 1. The van der Waals surface area contributed by atoms with Crippen molar-refractivity contribution in [2.45, 2.75) is 19.6 Å². The lowest BCUT2D eigenvalue weighted by Crippen LogP contribution is -2.06. The fraction of sp³-hybridized carbons (Fsp3) is 0.0882. The summed E-state index contributed by atoms with van der Waals surface area (Å²) < 4.78 is 27.7. The first-order valence-corrected chi connectivity index (χ1v) is 13.2. The van der Waals surface area contributed by atoms with Gasteiger partial charge in [-0.2, -0.15) is 0 Å². The van der Waals surface area contributed by atoms with Crippen molar-refractivity contribution in [3.63, 3.8) is 0 Å². The van der Waals surface area contributed by atoms with Gasteiger partial charge in [0.2, 0.25) is 0 Å². The quantitative estimate of drug-likeness (QED) is 0.183. The average molecular weight is 558 g/mol. The monoisotopic (exact) mass is 557 g/mol. The van der Waals surface area contributed by atoms with Crippen LogP contribution in [0.3, 0.4) is 0 Å². The summed E-state index contributed by atoms with van der Waals surface area (Å²) in [6.45, 7) is 7.50. The standard InChI is InChI=1S/C34H24FN3O4/c1-36-27-13-11-26(30(35)19-27)21-42-28-5-2-4-24(17-28)23-9-7-22(8-10-23)16-33-37-31-14-12-25(34(39)40)18-32(31)38(33)20-29-6-3-15-41-29/h2-15,17-19H,16,20-21H2,(H,39,40). The first-order valence-electron chi connectivity index (χ1n) is 13.2. The minimum atomic E-state index is -0.989. The summed E-state index contributed by atoms with van der Waals surface area (Å²) in [5.74, 6) is 0.699. The van der Waals surface area contributed by atoms with Crippen LogP contribution in [0.15, 0.2) is 108 Å². The average Bonchev–Trinajstić information content (AvgIpc) is 3.65. The number of carbonyl (C=O) groups is 1. The van der Waals surface area contributed by atoms with Crippen molar-refractivity contribution < 1.29 is 23.4 Å². The summed E-state index contributed by atoms with van der Waals surface area (Å²) in [6.07, 6.45) is 2.15. The van der Waals surface area contributed by atoms with E-state index in [1.807, 2.05) is 65.2 Å². The van der Waals surface area contributed by atoms with Crippen molar-refractivity contribution in [3.8, 4) is 16.9 Å². The molecule has 0 saturated heterocycles. The van der Waals surface area contributed by atoms with Crippen LogP contribution in [-0.4, -0.2) is 20.6 Å². The van der Waals surface area contributed by atoms with Gasteiger partial charge in [0, 0.05) is 12.0 Å². The van der Waals surface area contributed by atoms with Gasteiger partial charge >= 0.3 is 5.97 Å². The van der Waals surface area contributed by atoms with Crippen molar-refractivity contribution in [3.05, 3.63) is 149 Å². The summed E-state index contributed by atoms with van der Waals surface area (Å²) in [5.41, 5.74) is 5.28. The van der Waals surface area contributed by atoms with E-state index < -0.39 is 11.8 Å². The molecule has 7 nitrogen and oxygen atoms in total. The van der Waals surface area contributed by atoms with Crippen LogP contribution in [0.1, 0.15) is 33.1 Å². The first kappa shape index (κ1) is 26.5. The van der Waals surface area contributed by atoms with E-state index in [2.05, 4.69) is 4.85 Å². The van der Waals surface area contributed by atoms with Crippen LogP contribution in [0, 0.1) is 12.4 Å². The summed E-state index contributed by atoms with van der Waals surface area (Å²) in [6, 6.07) is 28.7. The predicted molar refractivity (Wildman–Crippen MR) is 156 cm³/mol. The fourth-order valence-corrected chi connectivity index (χ4v) is 4.82. The van der Waals surface area contributed by atoms with Crippen molar-refractivity contribution >= 4 is 22.7 Å². The van der Waals surface area contributed by atoms with Gasteiger partial charge in [0.25, 0.3) is 0 Å². The molecule has 0 aliphatic rings. The smallest absolute Gasteiger partial charge is 0.335 e. The second kappa shape index (κ2) is 11.4. The molecular formula is C34H24FN3O4. The third-order valence-electron chi connectivity index (χ3n) is 7.01. The van der Waals surface area contributed by atoms with Gasteiger partial charge < -0.3 is 18.8 Å². The lowest BCUT2D eigenvalue weighted by Gasteiger charge is -2.11. The van der Waals surface area contributed by atoms with Crippen LogP contribution in [0.2, 0.25) is 0 Å². The Kier molecular flexibility index (Phi) is 7.22. The zero-order valence-corrected chi connectivity index (χ0v) is 22.3. The van der Waals surface area contributed by atoms with Gasteiger partial charge in [0.15, 0.2) is 5.69 Å². The van der Waals surface area contributed by atoms with Gasteiger partial charge in [-0.15, -0.1) is 0 Å². The van der Waals surface area contributed by atoms with E-state index in [0.717, 1.165) is 39.3 Å². The molecule has 42 heavy (non-hydrogen) atoms. The molecule has 0 aliphatic carbocycles. The molecule has 206 valence electrons. The minimum Gasteiger partial charge on any atom is -0.489 e. The molecule has 2 heterocycles. The highest BCUT2D eigenvalue weighted by Gasteiger charge is 2.15. The van der Waals surface area contributed by atoms with E-state index in [-0.39, 0.29) is 17.9 Å². The molecule has 0 radical (unpaired) electrons. The summed E-state index contributed by atoms with van der Waals surface area (Å²) in [5, 5.41) is 9.50. The molecule has 4 aromatic carbocycles. The number of nitrogens with zero attached hydrogens (tertiary/aromatic N) is 3. The van der Waals surface area contributed by atoms with E-state index in [0.29, 0.717) is 24.3 Å². The van der Waals surface area contributed by atoms with E-state index in [1.54, 1.807) is 36.6 Å². The summed E-state index contributed by atoms with van der Waals surface area (Å²) >= 11 is 0. The molecule has 6 aromatic rings. The van der Waals surface area contributed by atoms with Gasteiger partial charge in [-0.3, -0.25) is 0 Å². The lowest BCUT2D eigenvalue weighted by atomic mass is 10.0. The van der Waals surface area contributed by atoms with Gasteiger partial charge in [0.1, 0.15) is 29.8 Å². The third-order valence-corrected chi connectivity index (χ3v) is 7.01. The Morgan fingerprint density at radius 1 is 0.976 bits per heavy atom. The molecule has 0 aliphatic heterocycles. The number of aromatic nitrogens is 2. The Labute approximate surface area is 240 Å². The molecule has 0 bridgehead atoms. The number of fused-ring (bicyclic) bond motifs is 1. The molecule has 1 N–H and O–H groups in total. The highest BCUT2D eigenvalue weighted by molar-refractivity contribution is 5.92. The molecule has 0 fully saturated rings. The largest absolute Gasteiger partial charge is 0.489 e. The maximum atomic E-state index is 14.2. The van der Waals surface area contributed by atoms with Crippen LogP contribution >= 0.6 is 0 Å². The van der Waals surface area contributed by atoms with Gasteiger partial charge in [-0.05, 0) is 65.2 Å². The zero-order valence-electron chi connectivity index (χ0n) is 22.3. The Bertz CT molecular complexity index is 1940. The number of hydrogen-bond acceptors (Lipinski definition) is 4. The molecule has 0 atom stereocenters. The Morgan fingerprint density at radius 2 is 1.83 bits per heavy atom. The van der Waals surface area contributed by atoms with Crippen molar-refractivity contribution in [1.82, 2.24) is 9.55 Å². The Balaban J connectivity index is 1.21. The number of carboxylic acid groups (broad SMARTS) is 1. The molecule has 0 spiro atoms. The molecule has 8 heteroatoms. The molecule has 0 amide bonds. The molecule has 6 rings (SSSR count). The highest BCUT2D eigenvalue weighted by atomic mass is 19.1. The normalized spacial score (nSPS) is 11.0.